The Balaban J connectivity index is 2.21. The van der Waals surface area contributed by atoms with Crippen LogP contribution in [0.1, 0.15) is 52.5 Å². The largest absolute Gasteiger partial charge is 0.379 e. The van der Waals surface area contributed by atoms with Crippen LogP contribution in [0.15, 0.2) is 11.0 Å². The van der Waals surface area contributed by atoms with E-state index in [0.717, 1.165) is 6.42 Å². The maximum atomic E-state index is 12.1. The maximum Gasteiger partial charge on any atom is 0.287 e. The summed E-state index contributed by atoms with van der Waals surface area (Å²) in [7, 11) is 0. The summed E-state index contributed by atoms with van der Waals surface area (Å²) < 4.78 is 1.41. The molecule has 0 radical (unpaired) electrons. The minimum absolute atomic E-state index is 0.0210. The van der Waals surface area contributed by atoms with Crippen LogP contribution < -0.4 is 10.9 Å². The van der Waals surface area contributed by atoms with Crippen LogP contribution in [0.4, 0.5) is 5.69 Å². The Bertz CT molecular complexity index is 498. The number of aromatic nitrogens is 2. The summed E-state index contributed by atoms with van der Waals surface area (Å²) in [5.74, 6) is 0.609. The first-order valence-electron chi connectivity index (χ1n) is 7.04. The van der Waals surface area contributed by atoms with Crippen molar-refractivity contribution in [3.8, 4) is 0 Å². The summed E-state index contributed by atoms with van der Waals surface area (Å²) in [6.45, 7) is 6.08. The lowest BCUT2D eigenvalue weighted by Crippen LogP contribution is -2.32. The first-order valence-corrected chi connectivity index (χ1v) is 7.42. The molecule has 0 aromatic carbocycles. The Morgan fingerprint density at radius 3 is 2.74 bits per heavy atom. The van der Waals surface area contributed by atoms with E-state index in [1.165, 1.54) is 23.9 Å². The Morgan fingerprint density at radius 2 is 2.11 bits per heavy atom. The molecule has 2 atom stereocenters. The zero-order chi connectivity index (χ0) is 14.0. The first kappa shape index (κ1) is 14.4. The van der Waals surface area contributed by atoms with Crippen LogP contribution in [-0.2, 0) is 0 Å². The fourth-order valence-electron chi connectivity index (χ4n) is 2.64. The highest BCUT2D eigenvalue weighted by Gasteiger charge is 2.22. The molecule has 1 aliphatic rings. The molecular weight excluding hydrogens is 262 g/mol. The van der Waals surface area contributed by atoms with Gasteiger partial charge >= 0.3 is 0 Å². The highest BCUT2D eigenvalue weighted by molar-refractivity contribution is 6.32. The quantitative estimate of drug-likeness (QED) is 0.924. The molecule has 1 aromatic heterocycles. The van der Waals surface area contributed by atoms with Gasteiger partial charge in [-0.3, -0.25) is 4.79 Å². The number of nitrogens with zero attached hydrogens (tertiary/aromatic N) is 2. The van der Waals surface area contributed by atoms with Gasteiger partial charge < -0.3 is 5.32 Å². The summed E-state index contributed by atoms with van der Waals surface area (Å²) in [5.41, 5.74) is 0.451. The van der Waals surface area contributed by atoms with E-state index in [0.29, 0.717) is 17.6 Å². The summed E-state index contributed by atoms with van der Waals surface area (Å²) in [6, 6.07) is 0.412. The molecule has 1 aliphatic carbocycles. The van der Waals surface area contributed by atoms with E-state index in [1.807, 2.05) is 13.8 Å². The smallest absolute Gasteiger partial charge is 0.287 e. The summed E-state index contributed by atoms with van der Waals surface area (Å²) >= 11 is 6.17. The van der Waals surface area contributed by atoms with Gasteiger partial charge in [-0.25, -0.2) is 4.68 Å². The molecule has 1 heterocycles. The van der Waals surface area contributed by atoms with Gasteiger partial charge in [0.15, 0.2) is 0 Å². The molecule has 2 rings (SSSR count). The third-order valence-electron chi connectivity index (χ3n) is 3.89. The van der Waals surface area contributed by atoms with Crippen molar-refractivity contribution in [1.29, 1.82) is 0 Å². The van der Waals surface area contributed by atoms with Crippen LogP contribution in [0.5, 0.6) is 0 Å². The third-order valence-corrected chi connectivity index (χ3v) is 4.25. The molecule has 2 unspecified atom stereocenters. The third kappa shape index (κ3) is 3.11. The Labute approximate surface area is 119 Å². The Morgan fingerprint density at radius 1 is 1.42 bits per heavy atom. The van der Waals surface area contributed by atoms with E-state index < -0.39 is 0 Å². The van der Waals surface area contributed by atoms with Crippen molar-refractivity contribution in [2.75, 3.05) is 5.32 Å². The zero-order valence-corrected chi connectivity index (χ0v) is 12.6. The van der Waals surface area contributed by atoms with E-state index in [4.69, 9.17) is 11.6 Å². The molecule has 0 amide bonds. The van der Waals surface area contributed by atoms with Crippen molar-refractivity contribution in [3.05, 3.63) is 21.6 Å². The average molecular weight is 284 g/mol. The van der Waals surface area contributed by atoms with E-state index in [2.05, 4.69) is 17.3 Å². The summed E-state index contributed by atoms with van der Waals surface area (Å²) in [6.07, 6.45) is 6.55. The van der Waals surface area contributed by atoms with Gasteiger partial charge in [-0.2, -0.15) is 5.10 Å². The van der Waals surface area contributed by atoms with Crippen LogP contribution in [0.3, 0.4) is 0 Å². The lowest BCUT2D eigenvalue weighted by Gasteiger charge is -2.30. The minimum atomic E-state index is -0.217. The van der Waals surface area contributed by atoms with Crippen molar-refractivity contribution in [2.45, 2.75) is 58.5 Å². The van der Waals surface area contributed by atoms with Gasteiger partial charge in [0.1, 0.15) is 5.02 Å². The lowest BCUT2D eigenvalue weighted by atomic mass is 9.86. The molecule has 1 aromatic rings. The summed E-state index contributed by atoms with van der Waals surface area (Å²) in [5, 5.41) is 7.84. The molecule has 0 bridgehead atoms. The van der Waals surface area contributed by atoms with Gasteiger partial charge in [-0.1, -0.05) is 31.4 Å². The number of hydrogen-bond donors (Lipinski definition) is 1. The molecule has 19 heavy (non-hydrogen) atoms. The van der Waals surface area contributed by atoms with E-state index in [1.54, 1.807) is 6.20 Å². The molecule has 0 spiro atoms. The van der Waals surface area contributed by atoms with Crippen LogP contribution >= 0.6 is 11.6 Å². The van der Waals surface area contributed by atoms with Gasteiger partial charge in [0.2, 0.25) is 0 Å². The minimum Gasteiger partial charge on any atom is -0.379 e. The van der Waals surface area contributed by atoms with E-state index in [9.17, 15) is 4.79 Å². The van der Waals surface area contributed by atoms with Crippen molar-refractivity contribution in [2.24, 2.45) is 5.92 Å². The number of halogens is 1. The maximum absolute atomic E-state index is 12.1. The first-order chi connectivity index (χ1) is 9.00. The van der Waals surface area contributed by atoms with E-state index >= 15 is 0 Å². The second-order valence-corrected chi connectivity index (χ2v) is 6.11. The van der Waals surface area contributed by atoms with Crippen molar-refractivity contribution >= 4 is 17.3 Å². The summed E-state index contributed by atoms with van der Waals surface area (Å²) in [4.78, 5) is 12.1. The molecule has 0 saturated heterocycles. The molecular formula is C14H22ClN3O. The fourth-order valence-corrected chi connectivity index (χ4v) is 2.83. The van der Waals surface area contributed by atoms with Crippen molar-refractivity contribution in [1.82, 2.24) is 9.78 Å². The zero-order valence-electron chi connectivity index (χ0n) is 11.8. The topological polar surface area (TPSA) is 46.9 Å². The number of nitrogens with one attached hydrogen (secondary N) is 1. The number of rotatable bonds is 3. The van der Waals surface area contributed by atoms with Crippen LogP contribution in [0.25, 0.3) is 0 Å². The van der Waals surface area contributed by atoms with Gasteiger partial charge in [-0.05, 0) is 32.6 Å². The Kier molecular flexibility index (Phi) is 4.50. The van der Waals surface area contributed by atoms with Gasteiger partial charge in [0, 0.05) is 6.04 Å². The predicted molar refractivity (Wildman–Crippen MR) is 78.9 cm³/mol. The van der Waals surface area contributed by atoms with Crippen LogP contribution in [0.2, 0.25) is 5.02 Å². The highest BCUT2D eigenvalue weighted by Crippen LogP contribution is 2.28. The highest BCUT2D eigenvalue weighted by atomic mass is 35.5. The predicted octanol–water partition coefficient (Wildman–Crippen LogP) is 3.47. The SMILES string of the molecule is CC1CCCCC1Nc1cnn(C(C)C)c(=O)c1Cl. The van der Waals surface area contributed by atoms with Crippen LogP contribution in [0, 0.1) is 5.92 Å². The van der Waals surface area contributed by atoms with Gasteiger partial charge in [0.25, 0.3) is 5.56 Å². The molecule has 5 heteroatoms. The van der Waals surface area contributed by atoms with Gasteiger partial charge in [-0.15, -0.1) is 0 Å². The molecule has 1 fully saturated rings. The number of anilines is 1. The normalized spacial score (nSPS) is 23.6. The molecule has 4 nitrogen and oxygen atoms in total. The standard InChI is InChI=1S/C14H22ClN3O/c1-9(2)18-14(19)13(15)12(8-16-18)17-11-7-5-4-6-10(11)3/h8-11,17H,4-7H2,1-3H3. The second kappa shape index (κ2) is 5.95. The van der Waals surface area contributed by atoms with Crippen molar-refractivity contribution < 1.29 is 0 Å². The van der Waals surface area contributed by atoms with Gasteiger partial charge in [0.05, 0.1) is 17.9 Å². The second-order valence-electron chi connectivity index (χ2n) is 5.73. The molecule has 1 saturated carbocycles. The van der Waals surface area contributed by atoms with E-state index in [-0.39, 0.29) is 16.6 Å². The van der Waals surface area contributed by atoms with Crippen molar-refractivity contribution in [3.63, 3.8) is 0 Å². The Hall–Kier alpha value is -1.03. The number of hydrogen-bond acceptors (Lipinski definition) is 3. The van der Waals surface area contributed by atoms with Crippen LogP contribution in [-0.4, -0.2) is 15.8 Å². The molecule has 0 aliphatic heterocycles. The monoisotopic (exact) mass is 283 g/mol. The fraction of sp³-hybridized carbons (Fsp3) is 0.714. The average Bonchev–Trinajstić information content (AvgIpc) is 2.37. The lowest BCUT2D eigenvalue weighted by molar-refractivity contribution is 0.349. The molecule has 106 valence electrons. The molecule has 1 N–H and O–H groups in total.